The number of hydrogen-bond donors (Lipinski definition) is 1. The number of para-hydroxylation sites is 1. The third kappa shape index (κ3) is 3.14. The van der Waals surface area contributed by atoms with Gasteiger partial charge >= 0.3 is 6.01 Å². The average Bonchev–Trinajstić information content (AvgIpc) is 2.47. The molecule has 0 amide bonds. The van der Waals surface area contributed by atoms with Crippen LogP contribution in [0, 0.1) is 0 Å². The summed E-state index contributed by atoms with van der Waals surface area (Å²) in [5, 5.41) is 3.07. The minimum atomic E-state index is 0.305. The van der Waals surface area contributed by atoms with Crippen molar-refractivity contribution in [3.63, 3.8) is 0 Å². The smallest absolute Gasteiger partial charge is 0.321 e. The van der Waals surface area contributed by atoms with Crippen LogP contribution in [-0.4, -0.2) is 35.2 Å². The summed E-state index contributed by atoms with van der Waals surface area (Å²) in [4.78, 5) is 12.9. The molecular formula is C14H18N4O2. The van der Waals surface area contributed by atoms with Crippen molar-refractivity contribution in [1.82, 2.24) is 15.0 Å². The topological polar surface area (TPSA) is 69.2 Å². The van der Waals surface area contributed by atoms with Crippen LogP contribution in [0.1, 0.15) is 13.8 Å². The molecule has 0 saturated carbocycles. The highest BCUT2D eigenvalue weighted by molar-refractivity contribution is 5.64. The zero-order chi connectivity index (χ0) is 14.4. The molecule has 1 N–H and O–H groups in total. The van der Waals surface area contributed by atoms with Crippen molar-refractivity contribution in [2.75, 3.05) is 25.6 Å². The zero-order valence-electron chi connectivity index (χ0n) is 11.9. The van der Waals surface area contributed by atoms with E-state index < -0.39 is 0 Å². The van der Waals surface area contributed by atoms with E-state index in [1.165, 1.54) is 0 Å². The number of methoxy groups -OCH3 is 1. The third-order valence-electron chi connectivity index (χ3n) is 2.57. The zero-order valence-corrected chi connectivity index (χ0v) is 11.9. The minimum Gasteiger partial charge on any atom is -0.496 e. The van der Waals surface area contributed by atoms with Crippen LogP contribution in [0.4, 0.5) is 5.95 Å². The van der Waals surface area contributed by atoms with Crippen LogP contribution < -0.4 is 14.8 Å². The fourth-order valence-corrected chi connectivity index (χ4v) is 1.74. The molecule has 0 atom stereocenters. The first-order valence-corrected chi connectivity index (χ1v) is 6.54. The highest BCUT2D eigenvalue weighted by atomic mass is 16.5. The van der Waals surface area contributed by atoms with E-state index in [2.05, 4.69) is 20.3 Å². The Morgan fingerprint density at radius 2 is 1.90 bits per heavy atom. The van der Waals surface area contributed by atoms with Crippen LogP contribution in [0.3, 0.4) is 0 Å². The molecule has 2 aromatic rings. The quantitative estimate of drug-likeness (QED) is 0.872. The minimum absolute atomic E-state index is 0.305. The lowest BCUT2D eigenvalue weighted by atomic mass is 10.2. The van der Waals surface area contributed by atoms with Crippen molar-refractivity contribution in [2.24, 2.45) is 0 Å². The lowest BCUT2D eigenvalue weighted by molar-refractivity contribution is 0.312. The van der Waals surface area contributed by atoms with Gasteiger partial charge in [0.2, 0.25) is 5.95 Å². The Hall–Kier alpha value is -2.37. The molecule has 0 aliphatic heterocycles. The number of ether oxygens (including phenoxy) is 2. The van der Waals surface area contributed by atoms with Crippen LogP contribution in [0.5, 0.6) is 11.8 Å². The van der Waals surface area contributed by atoms with Crippen LogP contribution in [0.25, 0.3) is 11.4 Å². The van der Waals surface area contributed by atoms with Gasteiger partial charge in [-0.1, -0.05) is 12.1 Å². The highest BCUT2D eigenvalue weighted by Crippen LogP contribution is 2.28. The molecule has 0 aliphatic rings. The van der Waals surface area contributed by atoms with Crippen molar-refractivity contribution in [2.45, 2.75) is 13.8 Å². The molecule has 6 heteroatoms. The molecule has 0 saturated heterocycles. The van der Waals surface area contributed by atoms with E-state index >= 15 is 0 Å². The van der Waals surface area contributed by atoms with E-state index in [0.717, 1.165) is 12.1 Å². The van der Waals surface area contributed by atoms with Gasteiger partial charge in [-0.05, 0) is 26.0 Å². The number of aromatic nitrogens is 3. The molecule has 0 spiro atoms. The summed E-state index contributed by atoms with van der Waals surface area (Å²) in [6, 6.07) is 7.89. The summed E-state index contributed by atoms with van der Waals surface area (Å²) in [5.41, 5.74) is 0.803. The van der Waals surface area contributed by atoms with Gasteiger partial charge in [0.25, 0.3) is 0 Å². The second kappa shape index (κ2) is 6.70. The second-order valence-electron chi connectivity index (χ2n) is 3.93. The van der Waals surface area contributed by atoms with E-state index in [-0.39, 0.29) is 0 Å². The standard InChI is InChI=1S/C14H18N4O2/c1-4-15-13-16-12(17-14(18-13)20-5-2)10-8-6-7-9-11(10)19-3/h6-9H,4-5H2,1-3H3,(H,15,16,17,18). The third-order valence-corrected chi connectivity index (χ3v) is 2.57. The highest BCUT2D eigenvalue weighted by Gasteiger charge is 2.12. The maximum absolute atomic E-state index is 5.39. The Morgan fingerprint density at radius 3 is 2.60 bits per heavy atom. The predicted molar refractivity (Wildman–Crippen MR) is 77.1 cm³/mol. The maximum Gasteiger partial charge on any atom is 0.321 e. The summed E-state index contributed by atoms with van der Waals surface area (Å²) < 4.78 is 10.7. The van der Waals surface area contributed by atoms with Gasteiger partial charge in [-0.2, -0.15) is 15.0 Å². The van der Waals surface area contributed by atoms with Crippen LogP contribution >= 0.6 is 0 Å². The first-order chi connectivity index (χ1) is 9.78. The summed E-state index contributed by atoms with van der Waals surface area (Å²) in [5.74, 6) is 1.73. The van der Waals surface area contributed by atoms with E-state index in [9.17, 15) is 0 Å². The number of nitrogens with one attached hydrogen (secondary N) is 1. The molecule has 1 aromatic carbocycles. The Bertz CT molecular complexity index is 551. The molecular weight excluding hydrogens is 256 g/mol. The molecule has 106 valence electrons. The number of hydrogen-bond acceptors (Lipinski definition) is 6. The summed E-state index contributed by atoms with van der Waals surface area (Å²) in [7, 11) is 1.62. The largest absolute Gasteiger partial charge is 0.496 e. The van der Waals surface area contributed by atoms with Crippen LogP contribution in [-0.2, 0) is 0 Å². The van der Waals surface area contributed by atoms with Gasteiger partial charge in [0, 0.05) is 6.54 Å². The van der Waals surface area contributed by atoms with Crippen molar-refractivity contribution < 1.29 is 9.47 Å². The van der Waals surface area contributed by atoms with E-state index in [1.54, 1.807) is 7.11 Å². The molecule has 6 nitrogen and oxygen atoms in total. The van der Waals surface area contributed by atoms with Crippen LogP contribution in [0.2, 0.25) is 0 Å². The molecule has 0 bridgehead atoms. The monoisotopic (exact) mass is 274 g/mol. The molecule has 2 rings (SSSR count). The van der Waals surface area contributed by atoms with E-state index in [1.807, 2.05) is 38.1 Å². The van der Waals surface area contributed by atoms with Crippen molar-refractivity contribution in [3.8, 4) is 23.1 Å². The number of anilines is 1. The first-order valence-electron chi connectivity index (χ1n) is 6.54. The lowest BCUT2D eigenvalue weighted by Gasteiger charge is -2.10. The van der Waals surface area contributed by atoms with Crippen molar-refractivity contribution in [3.05, 3.63) is 24.3 Å². The molecule has 1 heterocycles. The number of benzene rings is 1. The van der Waals surface area contributed by atoms with E-state index in [4.69, 9.17) is 9.47 Å². The average molecular weight is 274 g/mol. The number of rotatable bonds is 6. The van der Waals surface area contributed by atoms with Gasteiger partial charge in [-0.25, -0.2) is 0 Å². The normalized spacial score (nSPS) is 10.2. The molecule has 0 unspecified atom stereocenters. The van der Waals surface area contributed by atoms with Gasteiger partial charge in [0.15, 0.2) is 5.82 Å². The Morgan fingerprint density at radius 1 is 1.10 bits per heavy atom. The molecule has 0 fully saturated rings. The Kier molecular flexibility index (Phi) is 4.70. The Balaban J connectivity index is 2.48. The maximum atomic E-state index is 5.39. The van der Waals surface area contributed by atoms with Gasteiger partial charge in [0.05, 0.1) is 19.3 Å². The SMILES string of the molecule is CCNc1nc(OCC)nc(-c2ccccc2OC)n1. The molecule has 0 aliphatic carbocycles. The fraction of sp³-hybridized carbons (Fsp3) is 0.357. The molecule has 1 aromatic heterocycles. The second-order valence-corrected chi connectivity index (χ2v) is 3.93. The first kappa shape index (κ1) is 14.0. The van der Waals surface area contributed by atoms with Gasteiger partial charge in [-0.15, -0.1) is 0 Å². The number of nitrogens with zero attached hydrogens (tertiary/aromatic N) is 3. The van der Waals surface area contributed by atoms with E-state index in [0.29, 0.717) is 30.1 Å². The predicted octanol–water partition coefficient (Wildman–Crippen LogP) is 2.38. The summed E-state index contributed by atoms with van der Waals surface area (Å²) >= 11 is 0. The summed E-state index contributed by atoms with van der Waals surface area (Å²) in [6.45, 7) is 5.09. The molecule has 20 heavy (non-hydrogen) atoms. The Labute approximate surface area is 118 Å². The van der Waals surface area contributed by atoms with Gasteiger partial charge in [0.1, 0.15) is 5.75 Å². The van der Waals surface area contributed by atoms with Crippen molar-refractivity contribution in [1.29, 1.82) is 0 Å². The lowest BCUT2D eigenvalue weighted by Crippen LogP contribution is -2.07. The fourth-order valence-electron chi connectivity index (χ4n) is 1.74. The van der Waals surface area contributed by atoms with Gasteiger partial charge in [-0.3, -0.25) is 0 Å². The van der Waals surface area contributed by atoms with Gasteiger partial charge < -0.3 is 14.8 Å². The van der Waals surface area contributed by atoms with Crippen LogP contribution in [0.15, 0.2) is 24.3 Å². The molecule has 0 radical (unpaired) electrons. The summed E-state index contributed by atoms with van der Waals surface area (Å²) in [6.07, 6.45) is 0. The van der Waals surface area contributed by atoms with Crippen molar-refractivity contribution >= 4 is 5.95 Å².